The summed E-state index contributed by atoms with van der Waals surface area (Å²) in [7, 11) is 0. The molecule has 0 aromatic carbocycles. The summed E-state index contributed by atoms with van der Waals surface area (Å²) in [6.07, 6.45) is 3.39. The molecule has 1 aromatic heterocycles. The van der Waals surface area contributed by atoms with E-state index in [4.69, 9.17) is 4.52 Å². The summed E-state index contributed by atoms with van der Waals surface area (Å²) < 4.78 is 5.07. The minimum atomic E-state index is -0.0102. The van der Waals surface area contributed by atoms with Gasteiger partial charge in [0.1, 0.15) is 0 Å². The lowest BCUT2D eigenvalue weighted by Gasteiger charge is -2.37. The normalized spacial score (nSPS) is 20.9. The molecule has 1 aliphatic rings. The van der Waals surface area contributed by atoms with Gasteiger partial charge < -0.3 is 9.42 Å². The molecule has 1 aliphatic heterocycles. The average Bonchev–Trinajstić information content (AvgIpc) is 2.75. The molecule has 1 saturated heterocycles. The molecule has 94 valence electrons. The maximum Gasteiger partial charge on any atom is 0.292 e. The molecule has 17 heavy (non-hydrogen) atoms. The summed E-state index contributed by atoms with van der Waals surface area (Å²) in [5.74, 6) is 0.849. The summed E-state index contributed by atoms with van der Waals surface area (Å²) in [4.78, 5) is 14.3. The van der Waals surface area contributed by atoms with Crippen LogP contribution in [-0.4, -0.2) is 28.6 Å². The molecule has 0 spiro atoms. The summed E-state index contributed by atoms with van der Waals surface area (Å²) in [6.45, 7) is 7.00. The van der Waals surface area contributed by atoms with Crippen LogP contribution in [0.4, 0.5) is 0 Å². The maximum atomic E-state index is 12.3. The van der Waals surface area contributed by atoms with Gasteiger partial charge in [-0.05, 0) is 32.1 Å². The third-order valence-electron chi connectivity index (χ3n) is 3.42. The van der Waals surface area contributed by atoms with E-state index in [1.54, 1.807) is 6.07 Å². The SMILES string of the molecule is Cc1cc(C(=O)N2CCCCC2C(C)C)on1. The van der Waals surface area contributed by atoms with E-state index in [1.807, 2.05) is 11.8 Å². The van der Waals surface area contributed by atoms with Crippen molar-refractivity contribution in [1.29, 1.82) is 0 Å². The van der Waals surface area contributed by atoms with Crippen molar-refractivity contribution in [3.05, 3.63) is 17.5 Å². The zero-order valence-corrected chi connectivity index (χ0v) is 10.8. The fourth-order valence-electron chi connectivity index (χ4n) is 2.51. The predicted molar refractivity (Wildman–Crippen MR) is 64.8 cm³/mol. The Labute approximate surface area is 102 Å². The van der Waals surface area contributed by atoms with Crippen molar-refractivity contribution >= 4 is 5.91 Å². The quantitative estimate of drug-likeness (QED) is 0.793. The number of aryl methyl sites for hydroxylation is 1. The Morgan fingerprint density at radius 2 is 2.29 bits per heavy atom. The van der Waals surface area contributed by atoms with Crippen LogP contribution in [0.1, 0.15) is 49.4 Å². The van der Waals surface area contributed by atoms with Crippen LogP contribution in [0.5, 0.6) is 0 Å². The number of hydrogen-bond acceptors (Lipinski definition) is 3. The number of hydrogen-bond donors (Lipinski definition) is 0. The van der Waals surface area contributed by atoms with Gasteiger partial charge in [0.2, 0.25) is 5.76 Å². The summed E-state index contributed by atoms with van der Waals surface area (Å²) in [6, 6.07) is 2.05. The third kappa shape index (κ3) is 2.51. The van der Waals surface area contributed by atoms with Gasteiger partial charge in [0.15, 0.2) is 0 Å². The Hall–Kier alpha value is -1.32. The second-order valence-corrected chi connectivity index (χ2v) is 5.14. The van der Waals surface area contributed by atoms with Crippen LogP contribution in [0, 0.1) is 12.8 Å². The van der Waals surface area contributed by atoms with Gasteiger partial charge in [-0.1, -0.05) is 19.0 Å². The van der Waals surface area contributed by atoms with Gasteiger partial charge in [-0.25, -0.2) is 0 Å². The van der Waals surface area contributed by atoms with E-state index in [1.165, 1.54) is 6.42 Å². The molecular weight excluding hydrogens is 216 g/mol. The molecule has 4 nitrogen and oxygen atoms in total. The maximum absolute atomic E-state index is 12.3. The van der Waals surface area contributed by atoms with E-state index in [2.05, 4.69) is 19.0 Å². The van der Waals surface area contributed by atoms with Gasteiger partial charge in [0.25, 0.3) is 5.91 Å². The average molecular weight is 236 g/mol. The zero-order chi connectivity index (χ0) is 12.4. The van der Waals surface area contributed by atoms with Crippen molar-refractivity contribution in [2.75, 3.05) is 6.54 Å². The lowest BCUT2D eigenvalue weighted by molar-refractivity contribution is 0.0502. The molecule has 1 fully saturated rings. The smallest absolute Gasteiger partial charge is 0.292 e. The molecule has 0 bridgehead atoms. The second-order valence-electron chi connectivity index (χ2n) is 5.14. The summed E-state index contributed by atoms with van der Waals surface area (Å²) in [5, 5.41) is 3.78. The lowest BCUT2D eigenvalue weighted by atomic mass is 9.92. The molecule has 1 atom stereocenters. The largest absolute Gasteiger partial charge is 0.351 e. The highest BCUT2D eigenvalue weighted by atomic mass is 16.5. The van der Waals surface area contributed by atoms with Gasteiger partial charge >= 0.3 is 0 Å². The highest BCUT2D eigenvalue weighted by Crippen LogP contribution is 2.24. The van der Waals surface area contributed by atoms with E-state index in [0.29, 0.717) is 17.7 Å². The van der Waals surface area contributed by atoms with Gasteiger partial charge in [-0.3, -0.25) is 4.79 Å². The lowest BCUT2D eigenvalue weighted by Crippen LogP contribution is -2.46. The number of aromatic nitrogens is 1. The van der Waals surface area contributed by atoms with Crippen LogP contribution in [0.15, 0.2) is 10.6 Å². The van der Waals surface area contributed by atoms with Crippen LogP contribution >= 0.6 is 0 Å². The fraction of sp³-hybridized carbons (Fsp3) is 0.692. The van der Waals surface area contributed by atoms with Gasteiger partial charge in [0, 0.05) is 18.7 Å². The molecule has 0 N–H and O–H groups in total. The van der Waals surface area contributed by atoms with Crippen molar-refractivity contribution in [3.63, 3.8) is 0 Å². The molecule has 0 radical (unpaired) electrons. The zero-order valence-electron chi connectivity index (χ0n) is 10.8. The standard InChI is InChI=1S/C13H20N2O2/c1-9(2)11-6-4-5-7-15(11)13(16)12-8-10(3)14-17-12/h8-9,11H,4-7H2,1-3H3. The van der Waals surface area contributed by atoms with Crippen molar-refractivity contribution in [1.82, 2.24) is 10.1 Å². The Morgan fingerprint density at radius 1 is 1.53 bits per heavy atom. The first-order valence-corrected chi connectivity index (χ1v) is 6.34. The third-order valence-corrected chi connectivity index (χ3v) is 3.42. The minimum absolute atomic E-state index is 0.0102. The van der Waals surface area contributed by atoms with Crippen LogP contribution in [0.3, 0.4) is 0 Å². The van der Waals surface area contributed by atoms with E-state index >= 15 is 0 Å². The van der Waals surface area contributed by atoms with Crippen molar-refractivity contribution in [3.8, 4) is 0 Å². The Morgan fingerprint density at radius 3 is 2.88 bits per heavy atom. The molecule has 0 saturated carbocycles. The fourth-order valence-corrected chi connectivity index (χ4v) is 2.51. The number of rotatable bonds is 2. The van der Waals surface area contributed by atoms with Crippen molar-refractivity contribution in [2.24, 2.45) is 5.92 Å². The Kier molecular flexibility index (Phi) is 3.50. The molecule has 1 amide bonds. The van der Waals surface area contributed by atoms with Crippen molar-refractivity contribution in [2.45, 2.75) is 46.1 Å². The molecule has 4 heteroatoms. The van der Waals surface area contributed by atoms with E-state index in [9.17, 15) is 4.79 Å². The van der Waals surface area contributed by atoms with Crippen LogP contribution in [-0.2, 0) is 0 Å². The molecular formula is C13H20N2O2. The van der Waals surface area contributed by atoms with Gasteiger partial charge in [0.05, 0.1) is 5.69 Å². The van der Waals surface area contributed by atoms with Gasteiger partial charge in [-0.15, -0.1) is 0 Å². The summed E-state index contributed by atoms with van der Waals surface area (Å²) >= 11 is 0. The first-order valence-electron chi connectivity index (χ1n) is 6.34. The number of likely N-dealkylation sites (tertiary alicyclic amines) is 1. The Bertz CT molecular complexity index is 398. The van der Waals surface area contributed by atoms with Crippen molar-refractivity contribution < 1.29 is 9.32 Å². The highest BCUT2D eigenvalue weighted by molar-refractivity contribution is 5.91. The molecule has 0 aliphatic carbocycles. The molecule has 2 rings (SSSR count). The van der Waals surface area contributed by atoms with Crippen LogP contribution < -0.4 is 0 Å². The molecule has 2 heterocycles. The number of piperidine rings is 1. The predicted octanol–water partition coefficient (Wildman–Crippen LogP) is 2.63. The van der Waals surface area contributed by atoms with Crippen LogP contribution in [0.25, 0.3) is 0 Å². The first-order chi connectivity index (χ1) is 8.09. The van der Waals surface area contributed by atoms with E-state index in [-0.39, 0.29) is 5.91 Å². The summed E-state index contributed by atoms with van der Waals surface area (Å²) in [5.41, 5.74) is 0.756. The second kappa shape index (κ2) is 4.90. The van der Waals surface area contributed by atoms with E-state index < -0.39 is 0 Å². The van der Waals surface area contributed by atoms with Crippen LogP contribution in [0.2, 0.25) is 0 Å². The molecule has 1 unspecified atom stereocenters. The highest BCUT2D eigenvalue weighted by Gasteiger charge is 2.31. The number of nitrogens with zero attached hydrogens (tertiary/aromatic N) is 2. The Balaban J connectivity index is 2.16. The molecule has 1 aromatic rings. The van der Waals surface area contributed by atoms with Gasteiger partial charge in [-0.2, -0.15) is 0 Å². The first kappa shape index (κ1) is 12.1. The van der Waals surface area contributed by atoms with E-state index in [0.717, 1.165) is 25.1 Å². The monoisotopic (exact) mass is 236 g/mol. The number of carbonyl (C=O) groups excluding carboxylic acids is 1. The minimum Gasteiger partial charge on any atom is -0.351 e. The number of carbonyl (C=O) groups is 1. The number of amides is 1. The topological polar surface area (TPSA) is 46.3 Å².